The number of hydrogen-bond donors (Lipinski definition) is 18. The first-order chi connectivity index (χ1) is 41.3. The van der Waals surface area contributed by atoms with Gasteiger partial charge < -0.3 is 101 Å². The van der Waals surface area contributed by atoms with E-state index in [2.05, 4.69) is 60.1 Å². The number of alkyl halides is 1. The van der Waals surface area contributed by atoms with E-state index in [1.54, 1.807) is 0 Å². The second-order valence-electron chi connectivity index (χ2n) is 21.2. The molecular formula is C55H96ClN13O18. The molecule has 0 spiro atoms. The van der Waals surface area contributed by atoms with Crippen molar-refractivity contribution in [1.29, 1.82) is 0 Å². The van der Waals surface area contributed by atoms with E-state index in [1.165, 1.54) is 6.92 Å². The summed E-state index contributed by atoms with van der Waals surface area (Å²) < 4.78 is 5.40. The van der Waals surface area contributed by atoms with Gasteiger partial charge in [-0.25, -0.2) is 9.59 Å². The van der Waals surface area contributed by atoms with E-state index in [9.17, 15) is 83.1 Å². The lowest BCUT2D eigenvalue weighted by Crippen LogP contribution is -2.63. The van der Waals surface area contributed by atoms with Gasteiger partial charge in [0.25, 0.3) is 5.91 Å². The molecule has 1 fully saturated rings. The Hall–Kier alpha value is -6.61. The highest BCUT2D eigenvalue weighted by molar-refractivity contribution is 6.18. The highest BCUT2D eigenvalue weighted by Gasteiger charge is 2.40. The maximum absolute atomic E-state index is 14.4. The van der Waals surface area contributed by atoms with E-state index in [0.29, 0.717) is 19.3 Å². The monoisotopic (exact) mass is 1260 g/mol. The maximum atomic E-state index is 14.4. The van der Waals surface area contributed by atoms with Gasteiger partial charge in [0.15, 0.2) is 12.1 Å². The van der Waals surface area contributed by atoms with Gasteiger partial charge in [0.1, 0.15) is 54.6 Å². The van der Waals surface area contributed by atoms with Gasteiger partial charge in [-0.3, -0.25) is 47.9 Å². The number of unbranched alkanes of at least 4 members (excludes halogenated alkanes) is 10. The van der Waals surface area contributed by atoms with Crippen LogP contribution in [0.25, 0.3) is 0 Å². The van der Waals surface area contributed by atoms with Crippen LogP contribution in [0.15, 0.2) is 11.8 Å². The van der Waals surface area contributed by atoms with Crippen molar-refractivity contribution >= 4 is 82.6 Å². The summed E-state index contributed by atoms with van der Waals surface area (Å²) in [6.45, 7) is 4.69. The number of halogens is 1. The number of aliphatic hydroxyl groups is 4. The van der Waals surface area contributed by atoms with Gasteiger partial charge in [-0.15, -0.1) is 11.6 Å². The molecule has 31 nitrogen and oxygen atoms in total. The number of nitrogens with two attached hydrogens (primary N) is 3. The van der Waals surface area contributed by atoms with Crippen molar-refractivity contribution in [2.45, 2.75) is 222 Å². The molecule has 0 saturated carbocycles. The summed E-state index contributed by atoms with van der Waals surface area (Å²) in [5, 5.41) is 76.0. The molecule has 1 saturated heterocycles. The summed E-state index contributed by atoms with van der Waals surface area (Å²) in [6.07, 6.45) is 1.42. The normalized spacial score (nSPS) is 23.9. The van der Waals surface area contributed by atoms with Gasteiger partial charge in [-0.05, 0) is 78.4 Å². The van der Waals surface area contributed by atoms with Crippen molar-refractivity contribution in [3.05, 3.63) is 11.8 Å². The van der Waals surface area contributed by atoms with Gasteiger partial charge in [0.05, 0.1) is 37.0 Å². The molecule has 21 N–H and O–H groups in total. The number of hydrogen-bond acceptors (Lipinski definition) is 20. The van der Waals surface area contributed by atoms with Gasteiger partial charge in [-0.1, -0.05) is 84.1 Å². The van der Waals surface area contributed by atoms with E-state index in [1.807, 2.05) is 6.92 Å². The van der Waals surface area contributed by atoms with Crippen LogP contribution >= 0.6 is 11.6 Å². The second-order valence-corrected chi connectivity index (χ2v) is 21.5. The third-order valence-electron chi connectivity index (χ3n) is 13.8. The van der Waals surface area contributed by atoms with E-state index in [-0.39, 0.29) is 51.9 Å². The number of nitrogens with one attached hydrogen (secondary N) is 10. The molecule has 0 aromatic rings. The maximum Gasteiger partial charge on any atom is 0.335 e. The molecule has 496 valence electrons. The molecule has 87 heavy (non-hydrogen) atoms. The van der Waals surface area contributed by atoms with Crippen LogP contribution in [-0.2, 0) is 62.3 Å². The fraction of sp³-hybridized carbons (Fsp3) is 0.745. The lowest BCUT2D eigenvalue weighted by molar-refractivity contribution is -0.153. The van der Waals surface area contributed by atoms with Crippen molar-refractivity contribution in [3.63, 3.8) is 0 Å². The quantitative estimate of drug-likeness (QED) is 0.0135. The molecule has 1 rings (SSSR count). The first-order valence-corrected chi connectivity index (χ1v) is 30.3. The first kappa shape index (κ1) is 78.4. The molecule has 0 aromatic heterocycles. The zero-order valence-electron chi connectivity index (χ0n) is 50.3. The lowest BCUT2D eigenvalue weighted by Gasteiger charge is -2.29. The molecule has 0 aromatic carbocycles. The number of allylic oxidation sites excluding steroid dienone is 1. The number of carbonyl (C=O) groups excluding carboxylic acids is 11. The van der Waals surface area contributed by atoms with Crippen LogP contribution in [0.3, 0.4) is 0 Å². The van der Waals surface area contributed by atoms with Gasteiger partial charge in [-0.2, -0.15) is 0 Å². The Kier molecular flexibility index (Phi) is 39.6. The molecule has 1 heterocycles. The third-order valence-corrected chi connectivity index (χ3v) is 14.1. The fourth-order valence-corrected chi connectivity index (χ4v) is 8.89. The Labute approximate surface area is 512 Å². The van der Waals surface area contributed by atoms with Crippen LogP contribution < -0.4 is 70.4 Å². The minimum absolute atomic E-state index is 0.0792. The topological polar surface area (TPSA) is 514 Å². The highest BCUT2D eigenvalue weighted by atomic mass is 35.5. The smallest absolute Gasteiger partial charge is 0.335 e. The number of carboxylic acid groups (broad SMARTS) is 1. The van der Waals surface area contributed by atoms with Crippen LogP contribution in [0.5, 0.6) is 0 Å². The molecule has 12 atom stereocenters. The van der Waals surface area contributed by atoms with E-state index in [0.717, 1.165) is 64.4 Å². The second kappa shape index (κ2) is 43.9. The number of cyclic esters (lactones) is 1. The molecule has 1 aliphatic heterocycles. The Morgan fingerprint density at radius 2 is 1.13 bits per heavy atom. The number of aliphatic carboxylic acids is 1. The molecule has 0 bridgehead atoms. The average molecular weight is 1260 g/mol. The zero-order chi connectivity index (χ0) is 65.6. The van der Waals surface area contributed by atoms with Crippen LogP contribution in [0.2, 0.25) is 0 Å². The molecule has 1 aliphatic rings. The van der Waals surface area contributed by atoms with Crippen LogP contribution in [0.1, 0.15) is 150 Å². The lowest BCUT2D eigenvalue weighted by atomic mass is 10.0. The summed E-state index contributed by atoms with van der Waals surface area (Å²) in [5.74, 6) is -16.2. The van der Waals surface area contributed by atoms with Crippen molar-refractivity contribution < 1.29 is 87.8 Å². The molecule has 32 heteroatoms. The van der Waals surface area contributed by atoms with E-state index in [4.69, 9.17) is 33.5 Å². The van der Waals surface area contributed by atoms with Crippen LogP contribution in [0, 0.1) is 0 Å². The van der Waals surface area contributed by atoms with Crippen LogP contribution in [-0.4, -0.2) is 208 Å². The molecule has 0 radical (unpaired) electrons. The first-order valence-electron chi connectivity index (χ1n) is 29.8. The molecule has 6 unspecified atom stereocenters. The highest BCUT2D eigenvalue weighted by Crippen LogP contribution is 2.14. The number of aliphatic hydroxyl groups excluding tert-OH is 4. The summed E-state index contributed by atoms with van der Waals surface area (Å²) in [6, 6.07) is -15.6. The average Bonchev–Trinajstić information content (AvgIpc) is 3.56. The standard InChI is InChI=1S/C55H96ClN13O18/c1-5-8-10-11-12-13-14-15-16-19-32(71)27-41(74)61-38-30-87-55(86)43(39(72)29-56)68-46(76)33(7-3)62-52(82)42(31(4)70)67-49(79)36(22-25-59)65-53(83)44(45(75)54(84)85)69-48(78)34(20-17-18-23-57)63-50(80)37(28-40(73)60-26-9-6-2)66-47(77)35(21-24-58)64-51(38)81/h7,31-32,34-39,42-45,70-72,75H,5-6,8-30,57-59H2,1-4H3,(H,60,73)(H,61,74)(H,62,82)(H,63,80)(H,64,81)(H,65,83)(H,66,77)(H,67,79)(H,68,76)(H,69,78)(H,84,85)/b33-7+/t31-,32+,34?,35?,36-,37-,38?,39+,42?,43?,44?,45-/m0/s1. The van der Waals surface area contributed by atoms with Crippen molar-refractivity contribution in [2.24, 2.45) is 17.2 Å². The van der Waals surface area contributed by atoms with Gasteiger partial charge in [0.2, 0.25) is 53.2 Å². The summed E-state index contributed by atoms with van der Waals surface area (Å²) in [4.78, 5) is 165. The minimum atomic E-state index is -2.74. The number of rotatable bonds is 31. The van der Waals surface area contributed by atoms with Gasteiger partial charge >= 0.3 is 11.9 Å². The summed E-state index contributed by atoms with van der Waals surface area (Å²) >= 11 is 5.93. The van der Waals surface area contributed by atoms with Gasteiger partial charge in [0, 0.05) is 6.54 Å². The van der Waals surface area contributed by atoms with Crippen molar-refractivity contribution in [2.75, 3.05) is 38.7 Å². The Bertz CT molecular complexity index is 2270. The third kappa shape index (κ3) is 30.2. The van der Waals surface area contributed by atoms with E-state index >= 15 is 0 Å². The van der Waals surface area contributed by atoms with E-state index < -0.39 is 188 Å². The predicted molar refractivity (Wildman–Crippen MR) is 316 cm³/mol. The predicted octanol–water partition coefficient (Wildman–Crippen LogP) is -4.33. The van der Waals surface area contributed by atoms with Crippen LogP contribution in [0.4, 0.5) is 0 Å². The summed E-state index contributed by atoms with van der Waals surface area (Å²) in [5.41, 5.74) is 16.7. The number of esters is 1. The Morgan fingerprint density at radius 3 is 1.67 bits per heavy atom. The number of ether oxygens (including phenoxy) is 1. The number of amides is 10. The zero-order valence-corrected chi connectivity index (χ0v) is 51.1. The fourth-order valence-electron chi connectivity index (χ4n) is 8.71. The van der Waals surface area contributed by atoms with Crippen molar-refractivity contribution in [3.8, 4) is 0 Å². The Balaban J connectivity index is 4.10. The number of carboxylic acids is 1. The SMILES string of the molecule is C/C=C1/NC(=O)C([C@H](C)O)NC(=O)[C@H](CCN)NC(=O)C([C@H](O)C(=O)O)NC(=O)C(CCCCN)NC(=O)[C@H](CC(=O)NCCCC)NC(=O)C(CCN)NC(=O)C(NC(=O)C[C@H](O)CCCCCCCCCCC)COC(=O)C([C@H](O)CCl)NC1=O. The number of carbonyl (C=O) groups is 12. The van der Waals surface area contributed by atoms with Crippen molar-refractivity contribution in [1.82, 2.24) is 53.2 Å². The molecule has 0 aliphatic carbocycles. The molecular weight excluding hydrogens is 1170 g/mol. The Morgan fingerprint density at radius 1 is 0.609 bits per heavy atom. The molecule has 10 amide bonds. The largest absolute Gasteiger partial charge is 0.479 e. The summed E-state index contributed by atoms with van der Waals surface area (Å²) in [7, 11) is 0. The minimum Gasteiger partial charge on any atom is -0.479 e.